The van der Waals surface area contributed by atoms with Crippen LogP contribution >= 0.6 is 0 Å². The summed E-state index contributed by atoms with van der Waals surface area (Å²) in [5.74, 6) is -0.613. The quantitative estimate of drug-likeness (QED) is 0.541. The zero-order valence-corrected chi connectivity index (χ0v) is 18.9. The van der Waals surface area contributed by atoms with Crippen molar-refractivity contribution in [1.82, 2.24) is 14.6 Å². The molecule has 0 aliphatic carbocycles. The van der Waals surface area contributed by atoms with E-state index in [-0.39, 0.29) is 29.5 Å². The number of aryl methyl sites for hydroxylation is 1. The van der Waals surface area contributed by atoms with E-state index in [1.807, 2.05) is 30.3 Å². The fourth-order valence-corrected chi connectivity index (χ4v) is 4.49. The van der Waals surface area contributed by atoms with Crippen LogP contribution in [0.4, 0.5) is 0 Å². The zero-order valence-electron chi connectivity index (χ0n) is 18.1. The number of benzene rings is 2. The molecule has 8 nitrogen and oxygen atoms in total. The first-order valence-corrected chi connectivity index (χ1v) is 11.4. The number of nitrogens with one attached hydrogen (secondary N) is 2. The van der Waals surface area contributed by atoms with Gasteiger partial charge in [-0.3, -0.25) is 9.59 Å². The number of amides is 1. The van der Waals surface area contributed by atoms with Gasteiger partial charge in [-0.15, -0.1) is 0 Å². The van der Waals surface area contributed by atoms with Gasteiger partial charge in [-0.25, -0.2) is 13.1 Å². The SMILES string of the molecule is CNC(=O)c1c(OCc2ccccc2)c(=O)cc(CNS(=O)(=O)c2ccccc2C)n1C. The minimum atomic E-state index is -3.81. The van der Waals surface area contributed by atoms with Crippen molar-refractivity contribution in [2.45, 2.75) is 25.0 Å². The summed E-state index contributed by atoms with van der Waals surface area (Å²) >= 11 is 0. The van der Waals surface area contributed by atoms with Gasteiger partial charge in [0, 0.05) is 25.9 Å². The maximum absolute atomic E-state index is 12.8. The Morgan fingerprint density at radius 2 is 1.72 bits per heavy atom. The summed E-state index contributed by atoms with van der Waals surface area (Å²) in [5, 5.41) is 2.50. The van der Waals surface area contributed by atoms with E-state index < -0.39 is 21.4 Å². The topological polar surface area (TPSA) is 106 Å². The maximum atomic E-state index is 12.8. The Bertz CT molecular complexity index is 1280. The van der Waals surface area contributed by atoms with Gasteiger partial charge in [0.15, 0.2) is 11.4 Å². The van der Waals surface area contributed by atoms with Crippen molar-refractivity contribution >= 4 is 15.9 Å². The molecule has 3 rings (SSSR count). The highest BCUT2D eigenvalue weighted by Gasteiger charge is 2.22. The number of carbonyl (C=O) groups is 1. The number of hydrogen-bond acceptors (Lipinski definition) is 5. The molecular weight excluding hydrogens is 430 g/mol. The minimum absolute atomic E-state index is 0.0148. The molecule has 0 aliphatic heterocycles. The van der Waals surface area contributed by atoms with Gasteiger partial charge in [0.2, 0.25) is 15.5 Å². The number of pyridine rings is 1. The highest BCUT2D eigenvalue weighted by molar-refractivity contribution is 7.89. The van der Waals surface area contributed by atoms with Crippen LogP contribution in [-0.2, 0) is 30.2 Å². The Morgan fingerprint density at radius 3 is 2.38 bits per heavy atom. The summed E-state index contributed by atoms with van der Waals surface area (Å²) in [4.78, 5) is 25.5. The van der Waals surface area contributed by atoms with E-state index in [1.54, 1.807) is 32.2 Å². The molecule has 2 aromatic carbocycles. The lowest BCUT2D eigenvalue weighted by Gasteiger charge is -2.18. The van der Waals surface area contributed by atoms with Crippen molar-refractivity contribution in [2.75, 3.05) is 7.05 Å². The Hall–Kier alpha value is -3.43. The van der Waals surface area contributed by atoms with E-state index in [9.17, 15) is 18.0 Å². The van der Waals surface area contributed by atoms with Gasteiger partial charge >= 0.3 is 0 Å². The molecule has 0 saturated heterocycles. The zero-order chi connectivity index (χ0) is 23.3. The van der Waals surface area contributed by atoms with Gasteiger partial charge in [-0.2, -0.15) is 0 Å². The first kappa shape index (κ1) is 23.2. The van der Waals surface area contributed by atoms with Crippen molar-refractivity contribution < 1.29 is 17.9 Å². The summed E-state index contributed by atoms with van der Waals surface area (Å²) in [6.45, 7) is 1.64. The predicted octanol–water partition coefficient (Wildman–Crippen LogP) is 2.11. The third kappa shape index (κ3) is 5.06. The number of carbonyl (C=O) groups excluding carboxylic acids is 1. The minimum Gasteiger partial charge on any atom is -0.483 e. The molecule has 2 N–H and O–H groups in total. The number of nitrogens with zero attached hydrogens (tertiary/aromatic N) is 1. The molecule has 1 aromatic heterocycles. The maximum Gasteiger partial charge on any atom is 0.271 e. The van der Waals surface area contributed by atoms with Crippen LogP contribution in [0.3, 0.4) is 0 Å². The van der Waals surface area contributed by atoms with Gasteiger partial charge in [0.25, 0.3) is 5.91 Å². The van der Waals surface area contributed by atoms with Crippen LogP contribution in [0.2, 0.25) is 0 Å². The second-order valence-electron chi connectivity index (χ2n) is 7.18. The van der Waals surface area contributed by atoms with E-state index in [0.717, 1.165) is 5.56 Å². The highest BCUT2D eigenvalue weighted by Crippen LogP contribution is 2.18. The number of aromatic nitrogens is 1. The van der Waals surface area contributed by atoms with Crippen LogP contribution in [0.1, 0.15) is 27.3 Å². The van der Waals surface area contributed by atoms with Crippen LogP contribution in [0.5, 0.6) is 5.75 Å². The molecule has 0 fully saturated rings. The first-order chi connectivity index (χ1) is 15.2. The molecule has 0 bridgehead atoms. The van der Waals surface area contributed by atoms with E-state index >= 15 is 0 Å². The van der Waals surface area contributed by atoms with Crippen LogP contribution in [-0.4, -0.2) is 25.9 Å². The highest BCUT2D eigenvalue weighted by atomic mass is 32.2. The fraction of sp³-hybridized carbons (Fsp3) is 0.217. The number of hydrogen-bond donors (Lipinski definition) is 2. The molecule has 0 saturated carbocycles. The molecule has 0 atom stereocenters. The smallest absolute Gasteiger partial charge is 0.271 e. The fourth-order valence-electron chi connectivity index (χ4n) is 3.24. The van der Waals surface area contributed by atoms with Crippen LogP contribution in [0, 0.1) is 6.92 Å². The molecule has 0 aliphatic rings. The lowest BCUT2D eigenvalue weighted by atomic mass is 10.2. The van der Waals surface area contributed by atoms with Crippen LogP contribution in [0.15, 0.2) is 70.4 Å². The molecule has 32 heavy (non-hydrogen) atoms. The lowest BCUT2D eigenvalue weighted by Crippen LogP contribution is -2.31. The molecule has 0 spiro atoms. The second-order valence-corrected chi connectivity index (χ2v) is 8.92. The molecular formula is C23H25N3O5S. The Kier molecular flexibility index (Phi) is 7.12. The average Bonchev–Trinajstić information content (AvgIpc) is 2.78. The van der Waals surface area contributed by atoms with Crippen molar-refractivity contribution in [3.05, 3.63) is 93.4 Å². The number of rotatable bonds is 8. The Morgan fingerprint density at radius 1 is 1.06 bits per heavy atom. The van der Waals surface area contributed by atoms with Gasteiger partial charge in [-0.05, 0) is 24.1 Å². The summed E-state index contributed by atoms with van der Waals surface area (Å²) in [6.07, 6.45) is 0. The van der Waals surface area contributed by atoms with Gasteiger partial charge < -0.3 is 14.6 Å². The standard InChI is InChI=1S/C23H25N3O5S/c1-16-9-7-8-12-20(16)32(29,30)25-14-18-13-19(27)22(21(26(18)3)23(28)24-2)31-15-17-10-5-4-6-11-17/h4-13,25H,14-15H2,1-3H3,(H,24,28). The average molecular weight is 456 g/mol. The van der Waals surface area contributed by atoms with Gasteiger partial charge in [0.05, 0.1) is 11.4 Å². The van der Waals surface area contributed by atoms with Gasteiger partial charge in [-0.1, -0.05) is 48.5 Å². The summed E-state index contributed by atoms with van der Waals surface area (Å²) < 4.78 is 35.1. The second kappa shape index (κ2) is 9.80. The monoisotopic (exact) mass is 455 g/mol. The predicted molar refractivity (Wildman–Crippen MR) is 121 cm³/mol. The molecule has 0 unspecified atom stereocenters. The third-order valence-corrected chi connectivity index (χ3v) is 6.56. The molecule has 168 valence electrons. The molecule has 1 heterocycles. The molecule has 9 heteroatoms. The normalized spacial score (nSPS) is 11.2. The molecule has 0 radical (unpaired) electrons. The van der Waals surface area contributed by atoms with E-state index in [1.165, 1.54) is 23.7 Å². The molecule has 1 amide bonds. The Labute approximate surface area is 186 Å². The van der Waals surface area contributed by atoms with Crippen LogP contribution in [0.25, 0.3) is 0 Å². The summed E-state index contributed by atoms with van der Waals surface area (Å²) in [6, 6.07) is 17.1. The summed E-state index contributed by atoms with van der Waals surface area (Å²) in [5.41, 5.74) is 1.26. The molecule has 3 aromatic rings. The van der Waals surface area contributed by atoms with Crippen LogP contribution < -0.4 is 20.2 Å². The largest absolute Gasteiger partial charge is 0.483 e. The lowest BCUT2D eigenvalue weighted by molar-refractivity contribution is 0.0948. The third-order valence-electron chi connectivity index (χ3n) is 5.00. The van der Waals surface area contributed by atoms with E-state index in [2.05, 4.69) is 10.0 Å². The van der Waals surface area contributed by atoms with Crippen molar-refractivity contribution in [3.63, 3.8) is 0 Å². The number of sulfonamides is 1. The van der Waals surface area contributed by atoms with E-state index in [0.29, 0.717) is 11.3 Å². The summed E-state index contributed by atoms with van der Waals surface area (Å²) in [7, 11) is -0.785. The first-order valence-electron chi connectivity index (χ1n) is 9.91. The number of ether oxygens (including phenoxy) is 1. The van der Waals surface area contributed by atoms with Crippen molar-refractivity contribution in [2.24, 2.45) is 7.05 Å². The van der Waals surface area contributed by atoms with Gasteiger partial charge in [0.1, 0.15) is 6.61 Å². The van der Waals surface area contributed by atoms with Crippen molar-refractivity contribution in [3.8, 4) is 5.75 Å². The Balaban J connectivity index is 1.92. The van der Waals surface area contributed by atoms with Crippen molar-refractivity contribution in [1.29, 1.82) is 0 Å². The van der Waals surface area contributed by atoms with E-state index in [4.69, 9.17) is 4.74 Å².